The number of nitrogen functional groups attached to an aromatic ring is 1. The first kappa shape index (κ1) is 18.9. The topological polar surface area (TPSA) is 105 Å². The van der Waals surface area contributed by atoms with E-state index in [0.717, 1.165) is 5.82 Å². The van der Waals surface area contributed by atoms with E-state index >= 15 is 0 Å². The van der Waals surface area contributed by atoms with Crippen molar-refractivity contribution < 1.29 is 9.13 Å². The number of nitrogens with zero attached hydrogens (tertiary/aromatic N) is 4. The molecule has 28 heavy (non-hydrogen) atoms. The smallest absolute Gasteiger partial charge is 0.183 e. The van der Waals surface area contributed by atoms with Crippen LogP contribution in [0.15, 0.2) is 24.4 Å². The minimum atomic E-state index is -0.659. The van der Waals surface area contributed by atoms with Gasteiger partial charge in [-0.2, -0.15) is 5.10 Å². The van der Waals surface area contributed by atoms with E-state index in [0.29, 0.717) is 40.7 Å². The molecule has 7 nitrogen and oxygen atoms in total. The number of halogens is 3. The Morgan fingerprint density at radius 3 is 2.89 bits per heavy atom. The second kappa shape index (κ2) is 7.20. The molecule has 10 heteroatoms. The molecule has 3 heterocycles. The van der Waals surface area contributed by atoms with Gasteiger partial charge < -0.3 is 16.2 Å². The van der Waals surface area contributed by atoms with Crippen molar-refractivity contribution in [1.29, 1.82) is 0 Å². The van der Waals surface area contributed by atoms with Crippen molar-refractivity contribution >= 4 is 29.0 Å². The summed E-state index contributed by atoms with van der Waals surface area (Å²) in [6, 6.07) is 4.35. The van der Waals surface area contributed by atoms with E-state index in [1.165, 1.54) is 12.1 Å². The summed E-state index contributed by atoms with van der Waals surface area (Å²) in [6.45, 7) is 2.32. The molecule has 1 aliphatic heterocycles. The van der Waals surface area contributed by atoms with Crippen LogP contribution in [0.3, 0.4) is 0 Å². The van der Waals surface area contributed by atoms with Crippen LogP contribution in [0.5, 0.6) is 5.75 Å². The summed E-state index contributed by atoms with van der Waals surface area (Å²) in [5.74, 6) is 1.23. The Balaban J connectivity index is 1.63. The van der Waals surface area contributed by atoms with Crippen molar-refractivity contribution in [1.82, 2.24) is 19.7 Å². The predicted molar refractivity (Wildman–Crippen MR) is 105 cm³/mol. The number of nitrogens with two attached hydrogens (primary N) is 2. The molecular weight excluding hydrogens is 406 g/mol. The Morgan fingerprint density at radius 2 is 2.14 bits per heavy atom. The molecule has 2 aromatic heterocycles. The van der Waals surface area contributed by atoms with Crippen LogP contribution in [0.4, 0.5) is 10.2 Å². The van der Waals surface area contributed by atoms with Gasteiger partial charge in [0.05, 0.1) is 11.6 Å². The molecule has 0 amide bonds. The lowest BCUT2D eigenvalue weighted by Crippen LogP contribution is -2.21. The lowest BCUT2D eigenvalue weighted by molar-refractivity contribution is 0.227. The maximum Gasteiger partial charge on any atom is 0.183 e. The lowest BCUT2D eigenvalue weighted by Gasteiger charge is -2.19. The van der Waals surface area contributed by atoms with Gasteiger partial charge in [0.15, 0.2) is 17.4 Å². The zero-order chi connectivity index (χ0) is 20.0. The van der Waals surface area contributed by atoms with Crippen LogP contribution in [0.1, 0.15) is 24.4 Å². The summed E-state index contributed by atoms with van der Waals surface area (Å²) in [7, 11) is 0. The first-order valence-electron chi connectivity index (χ1n) is 8.58. The molecule has 1 aromatic carbocycles. The highest BCUT2D eigenvalue weighted by Gasteiger charge is 2.24. The Morgan fingerprint density at radius 1 is 1.36 bits per heavy atom. The van der Waals surface area contributed by atoms with Crippen molar-refractivity contribution in [2.45, 2.75) is 32.0 Å². The van der Waals surface area contributed by atoms with Gasteiger partial charge in [0, 0.05) is 34.8 Å². The fraction of sp³-hybridized carbons (Fsp3) is 0.278. The summed E-state index contributed by atoms with van der Waals surface area (Å²) in [5, 5.41) is 4.66. The van der Waals surface area contributed by atoms with Crippen LogP contribution in [0, 0.1) is 5.82 Å². The van der Waals surface area contributed by atoms with E-state index < -0.39 is 11.9 Å². The summed E-state index contributed by atoms with van der Waals surface area (Å²) >= 11 is 12.2. The third-order valence-corrected chi connectivity index (χ3v) is 5.24. The van der Waals surface area contributed by atoms with Crippen molar-refractivity contribution in [2.75, 3.05) is 5.73 Å². The van der Waals surface area contributed by atoms with Gasteiger partial charge in [-0.3, -0.25) is 0 Å². The van der Waals surface area contributed by atoms with E-state index in [1.54, 1.807) is 23.9 Å². The Kier molecular flexibility index (Phi) is 4.86. The molecule has 146 valence electrons. The summed E-state index contributed by atoms with van der Waals surface area (Å²) in [5.41, 5.74) is 12.8. The van der Waals surface area contributed by atoms with E-state index in [-0.39, 0.29) is 16.9 Å². The van der Waals surface area contributed by atoms with Gasteiger partial charge in [-0.15, -0.1) is 0 Å². The van der Waals surface area contributed by atoms with Gasteiger partial charge in [-0.1, -0.05) is 23.2 Å². The van der Waals surface area contributed by atoms with Gasteiger partial charge in [-0.25, -0.2) is 19.0 Å². The van der Waals surface area contributed by atoms with E-state index in [9.17, 15) is 4.39 Å². The lowest BCUT2D eigenvalue weighted by atomic mass is 10.1. The molecule has 4 rings (SSSR count). The number of aromatic nitrogens is 4. The molecule has 3 aromatic rings. The summed E-state index contributed by atoms with van der Waals surface area (Å²) < 4.78 is 21.5. The summed E-state index contributed by atoms with van der Waals surface area (Å²) in [4.78, 5) is 8.66. The van der Waals surface area contributed by atoms with Crippen LogP contribution < -0.4 is 16.2 Å². The van der Waals surface area contributed by atoms with Crippen molar-refractivity contribution in [3.8, 4) is 17.1 Å². The monoisotopic (exact) mass is 422 g/mol. The Labute approximate surface area is 170 Å². The number of hydrogen-bond acceptors (Lipinski definition) is 6. The average Bonchev–Trinajstić information content (AvgIpc) is 3.18. The minimum Gasteiger partial charge on any atom is -0.482 e. The van der Waals surface area contributed by atoms with Gasteiger partial charge >= 0.3 is 0 Å². The number of anilines is 1. The van der Waals surface area contributed by atoms with Gasteiger partial charge in [-0.05, 0) is 25.1 Å². The molecule has 0 saturated carbocycles. The minimum absolute atomic E-state index is 0.0362. The second-order valence-electron chi connectivity index (χ2n) is 6.62. The van der Waals surface area contributed by atoms with Crippen molar-refractivity contribution in [3.63, 3.8) is 0 Å². The first-order chi connectivity index (χ1) is 13.3. The molecular formula is C18H17Cl2FN6O. The molecule has 0 fully saturated rings. The largest absolute Gasteiger partial charge is 0.482 e. The number of hydrogen-bond donors (Lipinski definition) is 2. The molecule has 0 radical (unpaired) electrons. The molecule has 1 unspecified atom stereocenters. The molecule has 1 aliphatic rings. The van der Waals surface area contributed by atoms with Crippen LogP contribution in [0.25, 0.3) is 11.4 Å². The number of pyridine rings is 1. The van der Waals surface area contributed by atoms with Gasteiger partial charge in [0.2, 0.25) is 0 Å². The fourth-order valence-corrected chi connectivity index (χ4v) is 3.83. The molecule has 0 spiro atoms. The van der Waals surface area contributed by atoms with Gasteiger partial charge in [0.1, 0.15) is 17.7 Å². The first-order valence-corrected chi connectivity index (χ1v) is 9.34. The number of rotatable bonds is 4. The van der Waals surface area contributed by atoms with Crippen LogP contribution in [0.2, 0.25) is 10.0 Å². The molecule has 2 atom stereocenters. The molecule has 0 bridgehead atoms. The number of fused-ring (bicyclic) bond motifs is 1. The average molecular weight is 423 g/mol. The highest BCUT2D eigenvalue weighted by Crippen LogP contribution is 2.36. The van der Waals surface area contributed by atoms with E-state index in [2.05, 4.69) is 15.1 Å². The Hall–Kier alpha value is -2.42. The quantitative estimate of drug-likeness (QED) is 0.624. The number of ether oxygens (including phenoxy) is 1. The Bertz CT molecular complexity index is 1030. The van der Waals surface area contributed by atoms with Crippen LogP contribution in [-0.4, -0.2) is 25.8 Å². The van der Waals surface area contributed by atoms with Gasteiger partial charge in [0.25, 0.3) is 0 Å². The predicted octanol–water partition coefficient (Wildman–Crippen LogP) is 3.39. The normalized spacial score (nSPS) is 16.8. The second-order valence-corrected chi connectivity index (χ2v) is 7.41. The van der Waals surface area contributed by atoms with Crippen LogP contribution >= 0.6 is 23.2 Å². The standard InChI is InChI=1S/C18H17Cl2FN6O/c1-8(15-11(19)2-3-12(21)16(15)20)28-13-4-9(6-24-17(13)23)18-25-14-5-10(22)7-27(14)26-18/h2-4,6,8,10H,5,7,22H2,1H3,(H2,23,24)/t8-,10?/m1/s1. The number of benzene rings is 1. The van der Waals surface area contributed by atoms with Crippen molar-refractivity contribution in [3.05, 3.63) is 51.6 Å². The molecule has 0 saturated heterocycles. The van der Waals surface area contributed by atoms with E-state index in [1.807, 2.05) is 0 Å². The maximum absolute atomic E-state index is 13.8. The zero-order valence-electron chi connectivity index (χ0n) is 14.9. The van der Waals surface area contributed by atoms with E-state index in [4.69, 9.17) is 39.4 Å². The summed E-state index contributed by atoms with van der Waals surface area (Å²) in [6.07, 6.45) is 1.58. The third kappa shape index (κ3) is 3.39. The molecule has 4 N–H and O–H groups in total. The van der Waals surface area contributed by atoms with Crippen molar-refractivity contribution in [2.24, 2.45) is 5.73 Å². The fourth-order valence-electron chi connectivity index (χ4n) is 3.15. The SMILES string of the molecule is C[C@@H](Oc1cc(-c2nc3n(n2)CC(N)C3)cnc1N)c1c(Cl)ccc(F)c1Cl. The zero-order valence-corrected chi connectivity index (χ0v) is 16.4. The highest BCUT2D eigenvalue weighted by atomic mass is 35.5. The molecule has 0 aliphatic carbocycles. The highest BCUT2D eigenvalue weighted by molar-refractivity contribution is 6.36. The third-order valence-electron chi connectivity index (χ3n) is 4.53. The van der Waals surface area contributed by atoms with Crippen LogP contribution in [-0.2, 0) is 13.0 Å². The maximum atomic E-state index is 13.8.